The molecule has 0 radical (unpaired) electrons. The van der Waals surface area contributed by atoms with Crippen molar-refractivity contribution in [3.8, 4) is 5.75 Å². The van der Waals surface area contributed by atoms with Crippen LogP contribution in [0.5, 0.6) is 5.75 Å². The van der Waals surface area contributed by atoms with Gasteiger partial charge in [-0.2, -0.15) is 0 Å². The molecule has 1 unspecified atom stereocenters. The Labute approximate surface area is 109 Å². The predicted octanol–water partition coefficient (Wildman–Crippen LogP) is 2.43. The van der Waals surface area contributed by atoms with Crippen molar-refractivity contribution in [1.82, 2.24) is 4.98 Å². The molecule has 100 valence electrons. The van der Waals surface area contributed by atoms with Crippen LogP contribution < -0.4 is 10.5 Å². The van der Waals surface area contributed by atoms with Crippen LogP contribution in [0.25, 0.3) is 0 Å². The molecule has 2 N–H and O–H groups in total. The Hall–Kier alpha value is -1.42. The monoisotopic (exact) mass is 250 g/mol. The first-order valence-corrected chi connectivity index (χ1v) is 6.41. The number of pyridine rings is 1. The lowest BCUT2D eigenvalue weighted by molar-refractivity contribution is 0.0960. The van der Waals surface area contributed by atoms with E-state index in [-0.39, 0.29) is 17.8 Å². The molecular formula is C14H22N2O2. The maximum atomic E-state index is 12.1. The summed E-state index contributed by atoms with van der Waals surface area (Å²) < 4.78 is 5.52. The van der Waals surface area contributed by atoms with Gasteiger partial charge in [0.2, 0.25) is 0 Å². The van der Waals surface area contributed by atoms with Crippen LogP contribution in [0.2, 0.25) is 0 Å². The Balaban J connectivity index is 2.73. The highest BCUT2D eigenvalue weighted by atomic mass is 16.5. The van der Waals surface area contributed by atoms with E-state index in [1.54, 1.807) is 18.5 Å². The molecule has 1 aromatic rings. The molecule has 0 amide bonds. The number of ketones is 1. The summed E-state index contributed by atoms with van der Waals surface area (Å²) in [7, 11) is 0. The Morgan fingerprint density at radius 3 is 2.72 bits per heavy atom. The van der Waals surface area contributed by atoms with Crippen LogP contribution in [0.4, 0.5) is 0 Å². The number of aromatic nitrogens is 1. The van der Waals surface area contributed by atoms with Crippen LogP contribution in [0.1, 0.15) is 44.0 Å². The zero-order valence-electron chi connectivity index (χ0n) is 11.3. The number of Topliss-reactive ketones (excluding diaryl/α,β-unsaturated/α-hetero) is 1. The van der Waals surface area contributed by atoms with Crippen molar-refractivity contribution >= 4 is 5.78 Å². The molecule has 1 heterocycles. The van der Waals surface area contributed by atoms with Gasteiger partial charge < -0.3 is 10.5 Å². The van der Waals surface area contributed by atoms with Crippen LogP contribution in [0.15, 0.2) is 18.5 Å². The zero-order chi connectivity index (χ0) is 13.5. The van der Waals surface area contributed by atoms with E-state index >= 15 is 0 Å². The fraction of sp³-hybridized carbons (Fsp3) is 0.571. The average molecular weight is 250 g/mol. The summed E-state index contributed by atoms with van der Waals surface area (Å²) in [5.74, 6) is 0.956. The first kappa shape index (κ1) is 14.6. The van der Waals surface area contributed by atoms with E-state index in [0.717, 1.165) is 6.42 Å². The van der Waals surface area contributed by atoms with Crippen molar-refractivity contribution in [2.45, 2.75) is 39.7 Å². The Morgan fingerprint density at radius 1 is 1.44 bits per heavy atom. The van der Waals surface area contributed by atoms with Gasteiger partial charge in [0.1, 0.15) is 5.75 Å². The number of rotatable bonds is 7. The number of carbonyl (C=O) groups excluding carboxylic acids is 1. The zero-order valence-corrected chi connectivity index (χ0v) is 11.3. The van der Waals surface area contributed by atoms with E-state index in [0.29, 0.717) is 24.3 Å². The van der Waals surface area contributed by atoms with Gasteiger partial charge >= 0.3 is 0 Å². The topological polar surface area (TPSA) is 65.2 Å². The van der Waals surface area contributed by atoms with Crippen molar-refractivity contribution in [1.29, 1.82) is 0 Å². The summed E-state index contributed by atoms with van der Waals surface area (Å²) >= 11 is 0. The smallest absolute Gasteiger partial charge is 0.164 e. The predicted molar refractivity (Wildman–Crippen MR) is 71.8 cm³/mol. The normalized spacial score (nSPS) is 12.5. The molecular weight excluding hydrogens is 228 g/mol. The third kappa shape index (κ3) is 4.45. The van der Waals surface area contributed by atoms with Gasteiger partial charge in [0.05, 0.1) is 12.3 Å². The van der Waals surface area contributed by atoms with Crippen LogP contribution >= 0.6 is 0 Å². The molecule has 0 saturated heterocycles. The van der Waals surface area contributed by atoms with Gasteiger partial charge in [-0.1, -0.05) is 13.3 Å². The molecule has 0 spiro atoms. The fourth-order valence-corrected chi connectivity index (χ4v) is 1.68. The fourth-order valence-electron chi connectivity index (χ4n) is 1.68. The highest BCUT2D eigenvalue weighted by Crippen LogP contribution is 2.17. The minimum Gasteiger partial charge on any atom is -0.489 e. The molecule has 0 aromatic carbocycles. The number of nitrogens with zero attached hydrogens (tertiary/aromatic N) is 1. The largest absolute Gasteiger partial charge is 0.489 e. The average Bonchev–Trinajstić information content (AvgIpc) is 2.35. The Morgan fingerprint density at radius 2 is 2.17 bits per heavy atom. The van der Waals surface area contributed by atoms with Gasteiger partial charge in [-0.3, -0.25) is 9.78 Å². The molecule has 0 aliphatic heterocycles. The molecule has 18 heavy (non-hydrogen) atoms. The van der Waals surface area contributed by atoms with Gasteiger partial charge in [-0.25, -0.2) is 0 Å². The van der Waals surface area contributed by atoms with Gasteiger partial charge in [0, 0.05) is 18.2 Å². The second-order valence-electron chi connectivity index (χ2n) is 4.71. The highest BCUT2D eigenvalue weighted by molar-refractivity contribution is 5.96. The van der Waals surface area contributed by atoms with Gasteiger partial charge in [0.15, 0.2) is 5.78 Å². The lowest BCUT2D eigenvalue weighted by Gasteiger charge is -2.12. The van der Waals surface area contributed by atoms with E-state index in [1.165, 1.54) is 0 Å². The Kier molecular flexibility index (Phi) is 5.78. The third-order valence-corrected chi connectivity index (χ3v) is 2.79. The van der Waals surface area contributed by atoms with Crippen molar-refractivity contribution in [3.05, 3.63) is 24.0 Å². The summed E-state index contributed by atoms with van der Waals surface area (Å²) in [6, 6.07) is 1.75. The second-order valence-corrected chi connectivity index (χ2v) is 4.71. The molecule has 0 saturated carbocycles. The van der Waals surface area contributed by atoms with Crippen molar-refractivity contribution in [3.63, 3.8) is 0 Å². The minimum absolute atomic E-state index is 0.0737. The van der Waals surface area contributed by atoms with Crippen LogP contribution in [-0.2, 0) is 0 Å². The molecule has 1 atom stereocenters. The highest BCUT2D eigenvalue weighted by Gasteiger charge is 2.13. The SMILES string of the molecule is CCC(CN)CC(=O)c1cncc(OC(C)C)c1. The number of ether oxygens (including phenoxy) is 1. The van der Waals surface area contributed by atoms with E-state index in [4.69, 9.17) is 10.5 Å². The van der Waals surface area contributed by atoms with Crippen molar-refractivity contribution in [2.75, 3.05) is 6.54 Å². The number of hydrogen-bond donors (Lipinski definition) is 1. The lowest BCUT2D eigenvalue weighted by Crippen LogP contribution is -2.17. The van der Waals surface area contributed by atoms with Gasteiger partial charge in [-0.05, 0) is 32.4 Å². The quantitative estimate of drug-likeness (QED) is 0.755. The second kappa shape index (κ2) is 7.11. The molecule has 1 rings (SSSR count). The molecule has 1 aromatic heterocycles. The number of nitrogens with two attached hydrogens (primary N) is 1. The van der Waals surface area contributed by atoms with Crippen molar-refractivity contribution < 1.29 is 9.53 Å². The number of hydrogen-bond acceptors (Lipinski definition) is 4. The van der Waals surface area contributed by atoms with Gasteiger partial charge in [0.25, 0.3) is 0 Å². The van der Waals surface area contributed by atoms with Gasteiger partial charge in [-0.15, -0.1) is 0 Å². The summed E-state index contributed by atoms with van der Waals surface area (Å²) in [4.78, 5) is 16.1. The first-order valence-electron chi connectivity index (χ1n) is 6.41. The molecule has 0 aliphatic carbocycles. The number of carbonyl (C=O) groups is 1. The summed E-state index contributed by atoms with van der Waals surface area (Å²) in [5, 5.41) is 0. The maximum Gasteiger partial charge on any atom is 0.164 e. The Bertz CT molecular complexity index is 387. The lowest BCUT2D eigenvalue weighted by atomic mass is 9.97. The molecule has 4 nitrogen and oxygen atoms in total. The van der Waals surface area contributed by atoms with E-state index in [9.17, 15) is 4.79 Å². The van der Waals surface area contributed by atoms with E-state index in [1.807, 2.05) is 20.8 Å². The molecule has 0 aliphatic rings. The molecule has 0 bridgehead atoms. The molecule has 0 fully saturated rings. The minimum atomic E-state index is 0.0737. The van der Waals surface area contributed by atoms with Crippen LogP contribution in [-0.4, -0.2) is 23.4 Å². The summed E-state index contributed by atoms with van der Waals surface area (Å²) in [6.45, 7) is 6.46. The van der Waals surface area contributed by atoms with Crippen molar-refractivity contribution in [2.24, 2.45) is 11.7 Å². The summed E-state index contributed by atoms with van der Waals surface area (Å²) in [6.07, 6.45) is 4.66. The maximum absolute atomic E-state index is 12.1. The first-order chi connectivity index (χ1) is 8.56. The van der Waals surface area contributed by atoms with E-state index < -0.39 is 0 Å². The van der Waals surface area contributed by atoms with E-state index in [2.05, 4.69) is 4.98 Å². The van der Waals surface area contributed by atoms with Crippen LogP contribution in [0.3, 0.4) is 0 Å². The summed E-state index contributed by atoms with van der Waals surface area (Å²) in [5.41, 5.74) is 6.21. The standard InChI is InChI=1S/C14H22N2O2/c1-4-11(7-15)5-14(17)12-6-13(9-16-8-12)18-10(2)3/h6,8-11H,4-5,7,15H2,1-3H3. The molecule has 4 heteroatoms. The van der Waals surface area contributed by atoms with Crippen LogP contribution in [0, 0.1) is 5.92 Å². The third-order valence-electron chi connectivity index (χ3n) is 2.79.